The van der Waals surface area contributed by atoms with Gasteiger partial charge in [0.1, 0.15) is 6.54 Å². The molecule has 190 valence electrons. The minimum absolute atomic E-state index is 0.0647. The lowest BCUT2D eigenvalue weighted by Gasteiger charge is -2.23. The van der Waals surface area contributed by atoms with Crippen LogP contribution in [0.1, 0.15) is 22.5 Å². The van der Waals surface area contributed by atoms with Crippen LogP contribution in [0.25, 0.3) is 5.69 Å². The molecule has 37 heavy (non-hydrogen) atoms. The SMILES string of the molecule is Cc1ccccc1-n1c(C)cc(/C=N\NC(=O)CN(c2cccc(Cl)c2)S(=O)(=O)c2ccccc2)c1C. The Bertz CT molecular complexity index is 1560. The number of para-hydroxylation sites is 1. The zero-order chi connectivity index (χ0) is 26.6. The van der Waals surface area contributed by atoms with Gasteiger partial charge < -0.3 is 4.57 Å². The number of aromatic nitrogens is 1. The van der Waals surface area contributed by atoms with Crippen molar-refractivity contribution in [2.75, 3.05) is 10.8 Å². The third kappa shape index (κ3) is 5.76. The molecule has 1 N–H and O–H groups in total. The third-order valence-corrected chi connectivity index (χ3v) is 7.96. The number of hydrazone groups is 1. The van der Waals surface area contributed by atoms with E-state index in [1.54, 1.807) is 42.6 Å². The van der Waals surface area contributed by atoms with Crippen molar-refractivity contribution < 1.29 is 13.2 Å². The molecular formula is C28H27ClN4O3S. The Labute approximate surface area is 222 Å². The zero-order valence-corrected chi connectivity index (χ0v) is 22.3. The Morgan fingerprint density at radius 2 is 1.68 bits per heavy atom. The third-order valence-electron chi connectivity index (χ3n) is 5.93. The second-order valence-electron chi connectivity index (χ2n) is 8.55. The van der Waals surface area contributed by atoms with Crippen molar-refractivity contribution in [3.8, 4) is 5.69 Å². The number of carbonyl (C=O) groups is 1. The first kappa shape index (κ1) is 26.2. The molecular weight excluding hydrogens is 508 g/mol. The van der Waals surface area contributed by atoms with Crippen molar-refractivity contribution in [1.29, 1.82) is 0 Å². The van der Waals surface area contributed by atoms with Crippen molar-refractivity contribution in [1.82, 2.24) is 9.99 Å². The van der Waals surface area contributed by atoms with Gasteiger partial charge in [-0.1, -0.05) is 54.1 Å². The van der Waals surface area contributed by atoms with E-state index in [-0.39, 0.29) is 10.6 Å². The van der Waals surface area contributed by atoms with Crippen LogP contribution in [0.4, 0.5) is 5.69 Å². The van der Waals surface area contributed by atoms with Gasteiger partial charge in [-0.05, 0) is 68.8 Å². The highest BCUT2D eigenvalue weighted by Crippen LogP contribution is 2.26. The van der Waals surface area contributed by atoms with Crippen LogP contribution in [0.5, 0.6) is 0 Å². The largest absolute Gasteiger partial charge is 0.318 e. The fourth-order valence-electron chi connectivity index (χ4n) is 4.11. The lowest BCUT2D eigenvalue weighted by Crippen LogP contribution is -2.39. The molecule has 4 rings (SSSR count). The molecule has 1 amide bonds. The molecule has 0 aliphatic rings. The second kappa shape index (κ2) is 11.0. The Balaban J connectivity index is 1.55. The number of anilines is 1. The zero-order valence-electron chi connectivity index (χ0n) is 20.7. The van der Waals surface area contributed by atoms with Gasteiger partial charge in [-0.25, -0.2) is 13.8 Å². The van der Waals surface area contributed by atoms with E-state index in [0.717, 1.165) is 32.5 Å². The maximum Gasteiger partial charge on any atom is 0.264 e. The van der Waals surface area contributed by atoms with Crippen LogP contribution < -0.4 is 9.73 Å². The summed E-state index contributed by atoms with van der Waals surface area (Å²) in [6, 6.07) is 24.4. The number of amides is 1. The number of nitrogens with zero attached hydrogens (tertiary/aromatic N) is 3. The fourth-order valence-corrected chi connectivity index (χ4v) is 5.73. The predicted octanol–water partition coefficient (Wildman–Crippen LogP) is 5.40. The maximum atomic E-state index is 13.4. The number of rotatable bonds is 8. The minimum Gasteiger partial charge on any atom is -0.318 e. The van der Waals surface area contributed by atoms with Crippen LogP contribution in [0.3, 0.4) is 0 Å². The van der Waals surface area contributed by atoms with Gasteiger partial charge in [0.2, 0.25) is 0 Å². The van der Waals surface area contributed by atoms with Gasteiger partial charge in [0, 0.05) is 27.7 Å². The predicted molar refractivity (Wildman–Crippen MR) is 148 cm³/mol. The summed E-state index contributed by atoms with van der Waals surface area (Å²) in [5.41, 5.74) is 7.78. The molecule has 0 aliphatic carbocycles. The molecule has 0 unspecified atom stereocenters. The van der Waals surface area contributed by atoms with Gasteiger partial charge >= 0.3 is 0 Å². The normalized spacial score (nSPS) is 11.6. The van der Waals surface area contributed by atoms with Crippen LogP contribution in [-0.2, 0) is 14.8 Å². The summed E-state index contributed by atoms with van der Waals surface area (Å²) in [7, 11) is -4.03. The molecule has 0 atom stereocenters. The van der Waals surface area contributed by atoms with E-state index < -0.39 is 22.5 Å². The number of benzene rings is 3. The van der Waals surface area contributed by atoms with Gasteiger partial charge in [-0.2, -0.15) is 5.10 Å². The van der Waals surface area contributed by atoms with Gasteiger partial charge in [0.15, 0.2) is 0 Å². The number of sulfonamides is 1. The molecule has 0 fully saturated rings. The van der Waals surface area contributed by atoms with Crippen LogP contribution in [0, 0.1) is 20.8 Å². The molecule has 1 aromatic heterocycles. The number of hydrogen-bond donors (Lipinski definition) is 1. The summed E-state index contributed by atoms with van der Waals surface area (Å²) < 4.78 is 29.9. The summed E-state index contributed by atoms with van der Waals surface area (Å²) in [6.45, 7) is 5.57. The minimum atomic E-state index is -4.03. The first-order chi connectivity index (χ1) is 17.7. The van der Waals surface area contributed by atoms with Gasteiger partial charge in [0.05, 0.1) is 16.8 Å². The molecule has 0 spiro atoms. The molecule has 0 saturated carbocycles. The van der Waals surface area contributed by atoms with Crippen molar-refractivity contribution in [2.24, 2.45) is 5.10 Å². The first-order valence-electron chi connectivity index (χ1n) is 11.6. The highest BCUT2D eigenvalue weighted by molar-refractivity contribution is 7.92. The summed E-state index contributed by atoms with van der Waals surface area (Å²) in [5.74, 6) is -0.594. The van der Waals surface area contributed by atoms with Crippen molar-refractivity contribution in [3.05, 3.63) is 112 Å². The lowest BCUT2D eigenvalue weighted by atomic mass is 10.2. The van der Waals surface area contributed by atoms with Crippen LogP contribution in [0.15, 0.2) is 94.9 Å². The van der Waals surface area contributed by atoms with Gasteiger partial charge in [-0.15, -0.1) is 0 Å². The van der Waals surface area contributed by atoms with Crippen LogP contribution in [0.2, 0.25) is 5.02 Å². The summed E-state index contributed by atoms with van der Waals surface area (Å²) in [6.07, 6.45) is 1.56. The molecule has 0 bridgehead atoms. The van der Waals surface area contributed by atoms with Crippen molar-refractivity contribution in [2.45, 2.75) is 25.7 Å². The molecule has 0 radical (unpaired) electrons. The van der Waals surface area contributed by atoms with E-state index in [2.05, 4.69) is 34.2 Å². The van der Waals surface area contributed by atoms with E-state index in [9.17, 15) is 13.2 Å². The van der Waals surface area contributed by atoms with Crippen LogP contribution in [-0.4, -0.2) is 31.7 Å². The standard InChI is InChI=1S/C28H27ClN4O3S/c1-20-10-7-8-15-27(20)33-21(2)16-23(22(33)3)18-30-31-28(34)19-32(25-12-9-11-24(29)17-25)37(35,36)26-13-5-4-6-14-26/h4-18H,19H2,1-3H3,(H,31,34)/b30-18-. The number of hydrogen-bond acceptors (Lipinski definition) is 4. The molecule has 0 saturated heterocycles. The summed E-state index contributed by atoms with van der Waals surface area (Å²) >= 11 is 6.11. The van der Waals surface area contributed by atoms with Gasteiger partial charge in [-0.3, -0.25) is 9.10 Å². The van der Waals surface area contributed by atoms with Crippen molar-refractivity contribution >= 4 is 39.4 Å². The van der Waals surface area contributed by atoms with E-state index in [1.165, 1.54) is 18.2 Å². The van der Waals surface area contributed by atoms with Crippen molar-refractivity contribution in [3.63, 3.8) is 0 Å². The maximum absolute atomic E-state index is 13.4. The highest BCUT2D eigenvalue weighted by Gasteiger charge is 2.27. The number of nitrogens with one attached hydrogen (secondary N) is 1. The van der Waals surface area contributed by atoms with E-state index in [0.29, 0.717) is 5.02 Å². The second-order valence-corrected chi connectivity index (χ2v) is 10.8. The Morgan fingerprint density at radius 1 is 0.973 bits per heavy atom. The molecule has 0 aliphatic heterocycles. The molecule has 1 heterocycles. The Hall–Kier alpha value is -3.88. The average molecular weight is 535 g/mol. The molecule has 3 aromatic carbocycles. The van der Waals surface area contributed by atoms with Crippen LogP contribution >= 0.6 is 11.6 Å². The number of halogens is 1. The summed E-state index contributed by atoms with van der Waals surface area (Å²) in [4.78, 5) is 12.9. The summed E-state index contributed by atoms with van der Waals surface area (Å²) in [5, 5.41) is 4.46. The number of aryl methyl sites for hydroxylation is 2. The Kier molecular flexibility index (Phi) is 7.80. The molecule has 4 aromatic rings. The average Bonchev–Trinajstić information content (AvgIpc) is 3.16. The topological polar surface area (TPSA) is 83.8 Å². The monoisotopic (exact) mass is 534 g/mol. The smallest absolute Gasteiger partial charge is 0.264 e. The molecule has 7 nitrogen and oxygen atoms in total. The van der Waals surface area contributed by atoms with Gasteiger partial charge in [0.25, 0.3) is 15.9 Å². The fraction of sp³-hybridized carbons (Fsp3) is 0.143. The lowest BCUT2D eigenvalue weighted by molar-refractivity contribution is -0.119. The first-order valence-corrected chi connectivity index (χ1v) is 13.4. The van der Waals surface area contributed by atoms with E-state index in [4.69, 9.17) is 11.6 Å². The Morgan fingerprint density at radius 3 is 2.38 bits per heavy atom. The molecule has 9 heteroatoms. The van der Waals surface area contributed by atoms with E-state index >= 15 is 0 Å². The highest BCUT2D eigenvalue weighted by atomic mass is 35.5. The van der Waals surface area contributed by atoms with E-state index in [1.807, 2.05) is 32.0 Å². The number of carbonyl (C=O) groups excluding carboxylic acids is 1. The quantitative estimate of drug-likeness (QED) is 0.242.